The van der Waals surface area contributed by atoms with Crippen molar-refractivity contribution >= 4 is 16.7 Å². The van der Waals surface area contributed by atoms with Gasteiger partial charge in [0.15, 0.2) is 5.69 Å². The van der Waals surface area contributed by atoms with Crippen LogP contribution in [-0.2, 0) is 13.1 Å². The molecule has 0 unspecified atom stereocenters. The van der Waals surface area contributed by atoms with Crippen LogP contribution < -0.4 is 10.9 Å². The van der Waals surface area contributed by atoms with E-state index >= 15 is 0 Å². The monoisotopic (exact) mass is 435 g/mol. The Kier molecular flexibility index (Phi) is 5.51. The van der Waals surface area contributed by atoms with E-state index in [1.807, 2.05) is 53.2 Å². The van der Waals surface area contributed by atoms with E-state index in [-0.39, 0.29) is 17.2 Å². The van der Waals surface area contributed by atoms with Gasteiger partial charge in [0.25, 0.3) is 11.5 Å². The van der Waals surface area contributed by atoms with Crippen LogP contribution in [0.25, 0.3) is 16.5 Å². The molecule has 0 fully saturated rings. The number of benzene rings is 3. The molecule has 1 amide bonds. The minimum Gasteiger partial charge on any atom is -0.347 e. The van der Waals surface area contributed by atoms with Gasteiger partial charge in [-0.05, 0) is 29.3 Å². The fraction of sp³-hybridized carbons (Fsp3) is 0.0769. The Labute approximate surface area is 190 Å². The van der Waals surface area contributed by atoms with Crippen LogP contribution in [-0.4, -0.2) is 25.2 Å². The van der Waals surface area contributed by atoms with Crippen molar-refractivity contribution < 1.29 is 4.79 Å². The highest BCUT2D eigenvalue weighted by Gasteiger charge is 2.17. The van der Waals surface area contributed by atoms with Crippen LogP contribution in [0.1, 0.15) is 21.6 Å². The first-order chi connectivity index (χ1) is 16.2. The number of hydrogen-bond acceptors (Lipinski definition) is 4. The number of carbonyl (C=O) groups is 1. The highest BCUT2D eigenvalue weighted by Crippen LogP contribution is 2.16. The standard InChI is InChI=1S/C26H21N5O2/c32-25(28-16-19-8-4-5-9-20(19)17-30-15-14-27-18-30)24-22-12-6-7-13-23(22)26(33)31(29-24)21-10-2-1-3-11-21/h1-15,18H,16-17H2,(H,28,32). The second-order valence-electron chi connectivity index (χ2n) is 7.63. The maximum atomic E-state index is 13.3. The lowest BCUT2D eigenvalue weighted by Crippen LogP contribution is -2.30. The zero-order valence-electron chi connectivity index (χ0n) is 17.8. The third kappa shape index (κ3) is 4.16. The Morgan fingerprint density at radius 1 is 0.848 bits per heavy atom. The number of rotatable bonds is 6. The van der Waals surface area contributed by atoms with E-state index in [4.69, 9.17) is 0 Å². The summed E-state index contributed by atoms with van der Waals surface area (Å²) >= 11 is 0. The van der Waals surface area contributed by atoms with E-state index in [2.05, 4.69) is 15.4 Å². The molecule has 0 saturated heterocycles. The number of fused-ring (bicyclic) bond motifs is 1. The number of aromatic nitrogens is 4. The lowest BCUT2D eigenvalue weighted by Gasteiger charge is -2.13. The van der Waals surface area contributed by atoms with E-state index in [0.717, 1.165) is 11.1 Å². The van der Waals surface area contributed by atoms with Crippen LogP contribution >= 0.6 is 0 Å². The highest BCUT2D eigenvalue weighted by atomic mass is 16.2. The highest BCUT2D eigenvalue weighted by molar-refractivity contribution is 6.04. The zero-order chi connectivity index (χ0) is 22.6. The van der Waals surface area contributed by atoms with Gasteiger partial charge in [0, 0.05) is 30.9 Å². The molecule has 0 aliphatic carbocycles. The fourth-order valence-electron chi connectivity index (χ4n) is 3.82. The van der Waals surface area contributed by atoms with Crippen molar-refractivity contribution in [3.05, 3.63) is 125 Å². The molecule has 0 radical (unpaired) electrons. The summed E-state index contributed by atoms with van der Waals surface area (Å²) in [5.74, 6) is -0.340. The summed E-state index contributed by atoms with van der Waals surface area (Å²) in [7, 11) is 0. The molecule has 33 heavy (non-hydrogen) atoms. The van der Waals surface area contributed by atoms with E-state index in [9.17, 15) is 9.59 Å². The first-order valence-corrected chi connectivity index (χ1v) is 10.6. The average Bonchev–Trinajstić information content (AvgIpc) is 3.37. The average molecular weight is 435 g/mol. The summed E-state index contributed by atoms with van der Waals surface area (Å²) in [6.07, 6.45) is 5.40. The molecule has 0 aliphatic heterocycles. The molecule has 3 aromatic carbocycles. The first-order valence-electron chi connectivity index (χ1n) is 10.6. The summed E-state index contributed by atoms with van der Waals surface area (Å²) in [6.45, 7) is 0.996. The Bertz CT molecular complexity index is 1470. The second kappa shape index (κ2) is 8.92. The number of nitrogens with one attached hydrogen (secondary N) is 1. The summed E-state index contributed by atoms with van der Waals surface area (Å²) < 4.78 is 3.26. The molecule has 162 valence electrons. The molecule has 0 spiro atoms. The Balaban J connectivity index is 1.47. The minimum atomic E-state index is -0.340. The molecular formula is C26H21N5O2. The van der Waals surface area contributed by atoms with Gasteiger partial charge >= 0.3 is 0 Å². The summed E-state index contributed by atoms with van der Waals surface area (Å²) in [5.41, 5.74) is 2.64. The topological polar surface area (TPSA) is 81.8 Å². The quantitative estimate of drug-likeness (QED) is 0.442. The van der Waals surface area contributed by atoms with E-state index in [1.54, 1.807) is 48.9 Å². The van der Waals surface area contributed by atoms with Gasteiger partial charge in [-0.2, -0.15) is 9.78 Å². The summed E-state index contributed by atoms with van der Waals surface area (Å²) in [6, 6.07) is 24.1. The van der Waals surface area contributed by atoms with E-state index in [1.165, 1.54) is 4.68 Å². The van der Waals surface area contributed by atoms with Gasteiger partial charge in [-0.25, -0.2) is 4.98 Å². The van der Waals surface area contributed by atoms with Crippen molar-refractivity contribution in [1.29, 1.82) is 0 Å². The van der Waals surface area contributed by atoms with Crippen molar-refractivity contribution in [3.63, 3.8) is 0 Å². The van der Waals surface area contributed by atoms with Crippen LogP contribution in [0.5, 0.6) is 0 Å². The Morgan fingerprint density at radius 2 is 1.55 bits per heavy atom. The SMILES string of the molecule is O=C(NCc1ccccc1Cn1ccnc1)c1nn(-c2ccccc2)c(=O)c2ccccc12. The maximum absolute atomic E-state index is 13.3. The van der Waals surface area contributed by atoms with Gasteiger partial charge in [-0.3, -0.25) is 9.59 Å². The number of carbonyl (C=O) groups excluding carboxylic acids is 1. The zero-order valence-corrected chi connectivity index (χ0v) is 17.8. The molecule has 0 bridgehead atoms. The van der Waals surface area contributed by atoms with Gasteiger partial charge in [0.1, 0.15) is 0 Å². The molecule has 1 N–H and O–H groups in total. The van der Waals surface area contributed by atoms with Crippen LogP contribution in [0, 0.1) is 0 Å². The minimum absolute atomic E-state index is 0.209. The van der Waals surface area contributed by atoms with Crippen LogP contribution in [0.2, 0.25) is 0 Å². The molecule has 0 saturated carbocycles. The summed E-state index contributed by atoms with van der Waals surface area (Å²) in [5, 5.41) is 8.40. The number of imidazole rings is 1. The van der Waals surface area contributed by atoms with Crippen molar-refractivity contribution in [2.75, 3.05) is 0 Å². The van der Waals surface area contributed by atoms with Crippen molar-refractivity contribution in [2.24, 2.45) is 0 Å². The smallest absolute Gasteiger partial charge is 0.279 e. The lowest BCUT2D eigenvalue weighted by atomic mass is 10.1. The number of nitrogens with zero attached hydrogens (tertiary/aromatic N) is 4. The van der Waals surface area contributed by atoms with Gasteiger partial charge in [-0.1, -0.05) is 60.7 Å². The number of para-hydroxylation sites is 1. The van der Waals surface area contributed by atoms with Crippen molar-refractivity contribution in [2.45, 2.75) is 13.1 Å². The molecule has 2 aromatic heterocycles. The predicted molar refractivity (Wildman–Crippen MR) is 126 cm³/mol. The van der Waals surface area contributed by atoms with Crippen LogP contribution in [0.3, 0.4) is 0 Å². The molecular weight excluding hydrogens is 414 g/mol. The molecule has 7 heteroatoms. The maximum Gasteiger partial charge on any atom is 0.279 e. The fourth-order valence-corrected chi connectivity index (χ4v) is 3.82. The van der Waals surface area contributed by atoms with Gasteiger partial charge in [0.05, 0.1) is 17.4 Å². The molecule has 2 heterocycles. The van der Waals surface area contributed by atoms with Crippen LogP contribution in [0.15, 0.2) is 102 Å². The summed E-state index contributed by atoms with van der Waals surface area (Å²) in [4.78, 5) is 30.4. The number of amides is 1. The van der Waals surface area contributed by atoms with Gasteiger partial charge < -0.3 is 9.88 Å². The third-order valence-electron chi connectivity index (χ3n) is 5.49. The molecule has 7 nitrogen and oxygen atoms in total. The first kappa shape index (κ1) is 20.4. The predicted octanol–water partition coefficient (Wildman–Crippen LogP) is 3.56. The molecule has 0 aliphatic rings. The normalized spacial score (nSPS) is 10.9. The lowest BCUT2D eigenvalue weighted by molar-refractivity contribution is 0.0946. The van der Waals surface area contributed by atoms with Gasteiger partial charge in [-0.15, -0.1) is 0 Å². The Hall–Kier alpha value is -4.52. The van der Waals surface area contributed by atoms with Crippen molar-refractivity contribution in [1.82, 2.24) is 24.6 Å². The molecule has 5 aromatic rings. The van der Waals surface area contributed by atoms with E-state index in [0.29, 0.717) is 29.5 Å². The largest absolute Gasteiger partial charge is 0.347 e. The number of hydrogen-bond donors (Lipinski definition) is 1. The molecule has 5 rings (SSSR count). The molecule has 0 atom stereocenters. The van der Waals surface area contributed by atoms with Crippen molar-refractivity contribution in [3.8, 4) is 5.69 Å². The second-order valence-corrected chi connectivity index (χ2v) is 7.63. The third-order valence-corrected chi connectivity index (χ3v) is 5.49. The van der Waals surface area contributed by atoms with Crippen LogP contribution in [0.4, 0.5) is 0 Å². The van der Waals surface area contributed by atoms with Gasteiger partial charge in [0.2, 0.25) is 0 Å². The van der Waals surface area contributed by atoms with E-state index < -0.39 is 0 Å². The Morgan fingerprint density at radius 3 is 2.30 bits per heavy atom.